The fourth-order valence-corrected chi connectivity index (χ4v) is 4.02. The molecule has 0 aliphatic heterocycles. The number of methoxy groups -OCH3 is 1. The highest BCUT2D eigenvalue weighted by Crippen LogP contribution is 2.31. The van der Waals surface area contributed by atoms with Gasteiger partial charge in [-0.1, -0.05) is 30.3 Å². The van der Waals surface area contributed by atoms with Gasteiger partial charge in [-0.3, -0.25) is 9.59 Å². The first-order valence-electron chi connectivity index (χ1n) is 11.4. The lowest BCUT2D eigenvalue weighted by molar-refractivity contribution is -0.142. The number of carbonyl (C=O) groups excluding carboxylic acids is 2. The van der Waals surface area contributed by atoms with Crippen molar-refractivity contribution in [2.45, 2.75) is 25.8 Å². The number of para-hydroxylation sites is 1. The minimum absolute atomic E-state index is 0.0216. The Morgan fingerprint density at radius 3 is 2.55 bits per heavy atom. The normalized spacial score (nSPS) is 13.3. The number of fused-ring (bicyclic) bond motifs is 1. The Kier molecular flexibility index (Phi) is 7.40. The molecule has 0 saturated heterocycles. The molecule has 1 heterocycles. The van der Waals surface area contributed by atoms with Crippen molar-refractivity contribution < 1.29 is 18.7 Å². The monoisotopic (exact) mass is 451 g/mol. The Hall–Kier alpha value is -3.19. The van der Waals surface area contributed by atoms with E-state index in [1.54, 1.807) is 29.0 Å². The first kappa shape index (κ1) is 23.0. The smallest absolute Gasteiger partial charge is 0.242 e. The fourth-order valence-electron chi connectivity index (χ4n) is 4.02. The molecule has 1 aromatic heterocycles. The fraction of sp³-hybridized carbons (Fsp3) is 0.385. The van der Waals surface area contributed by atoms with Crippen LogP contribution in [0.4, 0.5) is 4.39 Å². The largest absolute Gasteiger partial charge is 0.383 e. The molecule has 0 atom stereocenters. The topological polar surface area (TPSA) is 65.6 Å². The maximum absolute atomic E-state index is 13.4. The Labute approximate surface area is 193 Å². The van der Waals surface area contributed by atoms with Crippen LogP contribution in [-0.2, 0) is 27.3 Å². The van der Waals surface area contributed by atoms with Gasteiger partial charge in [0.25, 0.3) is 0 Å². The first-order chi connectivity index (χ1) is 16.0. The standard InChI is InChI=1S/C26H30FN3O3/c1-33-15-14-30(26(32)20-8-9-20)18-25(31)29(17-19-6-10-22(27)11-7-19)13-12-21-16-28-24-5-3-2-4-23(21)24/h2-7,10-11,16,20,28H,8-9,12-15,17-18H2,1H3. The molecule has 3 aromatic rings. The Balaban J connectivity index is 1.49. The van der Waals surface area contributed by atoms with Gasteiger partial charge in [0.05, 0.1) is 13.2 Å². The molecular weight excluding hydrogens is 421 g/mol. The van der Waals surface area contributed by atoms with E-state index in [9.17, 15) is 14.0 Å². The van der Waals surface area contributed by atoms with E-state index in [-0.39, 0.29) is 30.1 Å². The van der Waals surface area contributed by atoms with Crippen LogP contribution in [-0.4, -0.2) is 59.9 Å². The zero-order valence-corrected chi connectivity index (χ0v) is 18.9. The van der Waals surface area contributed by atoms with Gasteiger partial charge in [-0.15, -0.1) is 0 Å². The second-order valence-electron chi connectivity index (χ2n) is 8.58. The SMILES string of the molecule is COCCN(CC(=O)N(CCc1c[nH]c2ccccc12)Cc1ccc(F)cc1)C(=O)C1CC1. The van der Waals surface area contributed by atoms with Crippen molar-refractivity contribution in [2.24, 2.45) is 5.92 Å². The van der Waals surface area contributed by atoms with Crippen LogP contribution < -0.4 is 0 Å². The quantitative estimate of drug-likeness (QED) is 0.483. The predicted molar refractivity (Wildman–Crippen MR) is 125 cm³/mol. The van der Waals surface area contributed by atoms with Crippen LogP contribution >= 0.6 is 0 Å². The molecule has 6 nitrogen and oxygen atoms in total. The molecule has 1 N–H and O–H groups in total. The van der Waals surface area contributed by atoms with Crippen molar-refractivity contribution in [1.29, 1.82) is 0 Å². The molecule has 33 heavy (non-hydrogen) atoms. The number of nitrogens with one attached hydrogen (secondary N) is 1. The minimum Gasteiger partial charge on any atom is -0.383 e. The van der Waals surface area contributed by atoms with Gasteiger partial charge in [0.2, 0.25) is 11.8 Å². The second-order valence-corrected chi connectivity index (χ2v) is 8.58. The average Bonchev–Trinajstić information content (AvgIpc) is 3.60. The van der Waals surface area contributed by atoms with Crippen LogP contribution in [0.15, 0.2) is 54.7 Å². The molecular formula is C26H30FN3O3. The van der Waals surface area contributed by atoms with Crippen LogP contribution in [0.3, 0.4) is 0 Å². The van der Waals surface area contributed by atoms with Gasteiger partial charge >= 0.3 is 0 Å². The Morgan fingerprint density at radius 2 is 1.82 bits per heavy atom. The molecule has 1 aliphatic rings. The summed E-state index contributed by atoms with van der Waals surface area (Å²) in [6.45, 7) is 1.65. The summed E-state index contributed by atoms with van der Waals surface area (Å²) < 4.78 is 18.5. The van der Waals surface area contributed by atoms with Crippen LogP contribution in [0.1, 0.15) is 24.0 Å². The zero-order valence-electron chi connectivity index (χ0n) is 18.9. The highest BCUT2D eigenvalue weighted by Gasteiger charge is 2.34. The maximum atomic E-state index is 13.4. The molecule has 7 heteroatoms. The van der Waals surface area contributed by atoms with Crippen LogP contribution in [0, 0.1) is 11.7 Å². The van der Waals surface area contributed by atoms with Crippen molar-refractivity contribution in [3.8, 4) is 0 Å². The number of rotatable bonds is 11. The summed E-state index contributed by atoms with van der Waals surface area (Å²) in [5, 5.41) is 1.14. The van der Waals surface area contributed by atoms with Gasteiger partial charge in [0, 0.05) is 49.8 Å². The van der Waals surface area contributed by atoms with E-state index in [0.29, 0.717) is 32.7 Å². The molecule has 2 aromatic carbocycles. The lowest BCUT2D eigenvalue weighted by Gasteiger charge is -2.28. The van der Waals surface area contributed by atoms with E-state index in [1.165, 1.54) is 12.1 Å². The van der Waals surface area contributed by atoms with Crippen molar-refractivity contribution in [3.05, 3.63) is 71.7 Å². The molecule has 1 saturated carbocycles. The first-order valence-corrected chi connectivity index (χ1v) is 11.4. The lowest BCUT2D eigenvalue weighted by atomic mass is 10.1. The second kappa shape index (κ2) is 10.6. The van der Waals surface area contributed by atoms with Crippen molar-refractivity contribution >= 4 is 22.7 Å². The summed E-state index contributed by atoms with van der Waals surface area (Å²) in [6, 6.07) is 14.3. The third kappa shape index (κ3) is 5.99. The molecule has 1 fully saturated rings. The predicted octanol–water partition coefficient (Wildman–Crippen LogP) is 3.76. The molecule has 0 spiro atoms. The summed E-state index contributed by atoms with van der Waals surface area (Å²) >= 11 is 0. The highest BCUT2D eigenvalue weighted by molar-refractivity contribution is 5.87. The molecule has 4 rings (SSSR count). The number of hydrogen-bond acceptors (Lipinski definition) is 3. The number of halogens is 1. The van der Waals surface area contributed by atoms with Gasteiger partial charge < -0.3 is 19.5 Å². The number of benzene rings is 2. The van der Waals surface area contributed by atoms with Crippen LogP contribution in [0.5, 0.6) is 0 Å². The minimum atomic E-state index is -0.309. The number of nitrogens with zero attached hydrogens (tertiary/aromatic N) is 2. The van der Waals surface area contributed by atoms with Gasteiger partial charge in [-0.2, -0.15) is 0 Å². The number of carbonyl (C=O) groups is 2. The molecule has 174 valence electrons. The number of H-pyrrole nitrogens is 1. The van der Waals surface area contributed by atoms with E-state index in [1.807, 2.05) is 24.4 Å². The summed E-state index contributed by atoms with van der Waals surface area (Å²) in [5.74, 6) is -0.370. The number of amides is 2. The summed E-state index contributed by atoms with van der Waals surface area (Å²) in [4.78, 5) is 32.7. The summed E-state index contributed by atoms with van der Waals surface area (Å²) in [6.07, 6.45) is 4.42. The number of hydrogen-bond donors (Lipinski definition) is 1. The van der Waals surface area contributed by atoms with Crippen LogP contribution in [0.25, 0.3) is 10.9 Å². The number of aromatic amines is 1. The lowest BCUT2D eigenvalue weighted by Crippen LogP contribution is -2.45. The van der Waals surface area contributed by atoms with E-state index in [0.717, 1.165) is 34.9 Å². The van der Waals surface area contributed by atoms with E-state index >= 15 is 0 Å². The Morgan fingerprint density at radius 1 is 1.06 bits per heavy atom. The van der Waals surface area contributed by atoms with Crippen molar-refractivity contribution in [1.82, 2.24) is 14.8 Å². The molecule has 0 radical (unpaired) electrons. The van der Waals surface area contributed by atoms with Crippen molar-refractivity contribution in [2.75, 3.05) is 33.4 Å². The third-order valence-corrected chi connectivity index (χ3v) is 6.10. The Bertz CT molecular complexity index is 1090. The van der Waals surface area contributed by atoms with Gasteiger partial charge in [0.15, 0.2) is 0 Å². The molecule has 0 bridgehead atoms. The molecule has 1 aliphatic carbocycles. The van der Waals surface area contributed by atoms with Gasteiger partial charge in [-0.05, 0) is 48.6 Å². The van der Waals surface area contributed by atoms with E-state index in [4.69, 9.17) is 4.74 Å². The van der Waals surface area contributed by atoms with E-state index in [2.05, 4.69) is 11.1 Å². The van der Waals surface area contributed by atoms with Crippen LogP contribution in [0.2, 0.25) is 0 Å². The summed E-state index contributed by atoms with van der Waals surface area (Å²) in [5.41, 5.74) is 3.04. The number of aromatic nitrogens is 1. The molecule has 0 unspecified atom stereocenters. The third-order valence-electron chi connectivity index (χ3n) is 6.10. The van der Waals surface area contributed by atoms with Crippen molar-refractivity contribution in [3.63, 3.8) is 0 Å². The summed E-state index contributed by atoms with van der Waals surface area (Å²) in [7, 11) is 1.59. The van der Waals surface area contributed by atoms with Gasteiger partial charge in [0.1, 0.15) is 5.82 Å². The average molecular weight is 452 g/mol. The van der Waals surface area contributed by atoms with E-state index < -0.39 is 0 Å². The molecule has 2 amide bonds. The maximum Gasteiger partial charge on any atom is 0.242 e. The number of ether oxygens (including phenoxy) is 1. The van der Waals surface area contributed by atoms with Gasteiger partial charge in [-0.25, -0.2) is 4.39 Å². The zero-order chi connectivity index (χ0) is 23.2. The highest BCUT2D eigenvalue weighted by atomic mass is 19.1.